The minimum Gasteiger partial charge on any atom is -0.212 e. The van der Waals surface area contributed by atoms with Crippen LogP contribution in [0.4, 0.5) is 13.2 Å². The first-order valence-electron chi connectivity index (χ1n) is 8.64. The molecule has 0 heterocycles. The number of hydrogen-bond donors (Lipinski definition) is 2. The molecule has 166 valence electrons. The number of nitrogens with one attached hydrogen (secondary N) is 2. The number of rotatable bonds is 8. The van der Waals surface area contributed by atoms with Crippen molar-refractivity contribution in [2.24, 2.45) is 0 Å². The summed E-state index contributed by atoms with van der Waals surface area (Å²) < 4.78 is 93.0. The van der Waals surface area contributed by atoms with E-state index in [2.05, 4.69) is 9.44 Å². The van der Waals surface area contributed by atoms with Crippen LogP contribution in [0.25, 0.3) is 0 Å². The summed E-state index contributed by atoms with van der Waals surface area (Å²) in [7, 11) is -7.97. The lowest BCUT2D eigenvalue weighted by Gasteiger charge is -2.14. The van der Waals surface area contributed by atoms with Crippen molar-refractivity contribution in [1.82, 2.24) is 9.44 Å². The van der Waals surface area contributed by atoms with Gasteiger partial charge in [-0.15, -0.1) is 0 Å². The zero-order valence-electron chi connectivity index (χ0n) is 16.0. The van der Waals surface area contributed by atoms with Crippen LogP contribution in [0.15, 0.2) is 47.4 Å². The molecule has 0 aliphatic heterocycles. The molecule has 2 N–H and O–H groups in total. The van der Waals surface area contributed by atoms with Gasteiger partial charge >= 0.3 is 6.18 Å². The molecule has 0 atom stereocenters. The summed E-state index contributed by atoms with van der Waals surface area (Å²) in [5.74, 6) is -0.373. The Labute approximate surface area is 178 Å². The van der Waals surface area contributed by atoms with E-state index in [0.29, 0.717) is 17.2 Å². The van der Waals surface area contributed by atoms with Gasteiger partial charge in [0.15, 0.2) is 0 Å². The average Bonchev–Trinajstić information content (AvgIpc) is 2.58. The molecule has 0 spiro atoms. The van der Waals surface area contributed by atoms with Crippen molar-refractivity contribution in [2.45, 2.75) is 43.3 Å². The van der Waals surface area contributed by atoms with Crippen molar-refractivity contribution in [3.63, 3.8) is 0 Å². The zero-order chi connectivity index (χ0) is 22.7. The van der Waals surface area contributed by atoms with Crippen LogP contribution in [0.3, 0.4) is 0 Å². The molecule has 0 saturated carbocycles. The average molecular weight is 485 g/mol. The predicted octanol–water partition coefficient (Wildman–Crippen LogP) is 3.67. The molecule has 30 heavy (non-hydrogen) atoms. The number of alkyl halides is 3. The summed E-state index contributed by atoms with van der Waals surface area (Å²) in [6.45, 7) is 3.03. The van der Waals surface area contributed by atoms with Crippen molar-refractivity contribution >= 4 is 31.6 Å². The van der Waals surface area contributed by atoms with Crippen LogP contribution < -0.4 is 9.44 Å². The minimum absolute atomic E-state index is 0.306. The standard InChI is InChI=1S/C18H20ClF3N2O4S2/c1-12(2)24-29(25,26)11-14-6-4-3-5-13(14)10-23-30(27,28)15-7-8-17(19)16(9-15)18(20,21)22/h3-9,12,23-24H,10-11H2,1-2H3. The van der Waals surface area contributed by atoms with E-state index in [1.54, 1.807) is 26.0 Å². The highest BCUT2D eigenvalue weighted by Crippen LogP contribution is 2.35. The number of benzene rings is 2. The van der Waals surface area contributed by atoms with Crippen LogP contribution in [0, 0.1) is 0 Å². The molecule has 2 aromatic carbocycles. The van der Waals surface area contributed by atoms with E-state index in [1.165, 1.54) is 12.1 Å². The Balaban J connectivity index is 2.26. The third-order valence-electron chi connectivity index (χ3n) is 3.89. The first-order chi connectivity index (χ1) is 13.7. The molecular weight excluding hydrogens is 465 g/mol. The zero-order valence-corrected chi connectivity index (χ0v) is 18.4. The summed E-state index contributed by atoms with van der Waals surface area (Å²) in [5, 5.41) is -0.616. The van der Waals surface area contributed by atoms with Gasteiger partial charge < -0.3 is 0 Å². The second-order valence-corrected chi connectivity index (χ2v) is 10.7. The van der Waals surface area contributed by atoms with Crippen molar-refractivity contribution in [2.75, 3.05) is 0 Å². The summed E-state index contributed by atoms with van der Waals surface area (Å²) in [4.78, 5) is -0.606. The molecule has 2 aromatic rings. The number of sulfonamides is 2. The summed E-state index contributed by atoms with van der Waals surface area (Å²) in [6.07, 6.45) is -4.81. The molecular formula is C18H20ClF3N2O4S2. The summed E-state index contributed by atoms with van der Waals surface area (Å²) in [5.41, 5.74) is -0.529. The Kier molecular flexibility index (Phi) is 7.57. The van der Waals surface area contributed by atoms with Crippen LogP contribution in [0.2, 0.25) is 5.02 Å². The van der Waals surface area contributed by atoms with E-state index in [-0.39, 0.29) is 18.3 Å². The fourth-order valence-electron chi connectivity index (χ4n) is 2.62. The van der Waals surface area contributed by atoms with Gasteiger partial charge in [-0.1, -0.05) is 35.9 Å². The fraction of sp³-hybridized carbons (Fsp3) is 0.333. The SMILES string of the molecule is CC(C)NS(=O)(=O)Cc1ccccc1CNS(=O)(=O)c1ccc(Cl)c(C(F)(F)F)c1. The van der Waals surface area contributed by atoms with Gasteiger partial charge in [0.2, 0.25) is 20.0 Å². The molecule has 12 heteroatoms. The largest absolute Gasteiger partial charge is 0.417 e. The van der Waals surface area contributed by atoms with Crippen molar-refractivity contribution in [1.29, 1.82) is 0 Å². The molecule has 0 saturated heterocycles. The lowest BCUT2D eigenvalue weighted by Crippen LogP contribution is -2.32. The van der Waals surface area contributed by atoms with Crippen molar-refractivity contribution < 1.29 is 30.0 Å². The van der Waals surface area contributed by atoms with Crippen molar-refractivity contribution in [3.05, 3.63) is 64.2 Å². The van der Waals surface area contributed by atoms with Gasteiger partial charge in [0, 0.05) is 12.6 Å². The molecule has 0 aromatic heterocycles. The maximum Gasteiger partial charge on any atom is 0.417 e. The molecule has 0 bridgehead atoms. The Morgan fingerprint density at radius 2 is 1.60 bits per heavy atom. The molecule has 6 nitrogen and oxygen atoms in total. The number of halogens is 4. The van der Waals surface area contributed by atoms with E-state index in [4.69, 9.17) is 11.6 Å². The second-order valence-electron chi connectivity index (χ2n) is 6.76. The highest BCUT2D eigenvalue weighted by molar-refractivity contribution is 7.89. The third-order valence-corrected chi connectivity index (χ3v) is 7.14. The van der Waals surface area contributed by atoms with Crippen LogP contribution in [0.1, 0.15) is 30.5 Å². The van der Waals surface area contributed by atoms with Gasteiger partial charge in [0.05, 0.1) is 21.2 Å². The second kappa shape index (κ2) is 9.23. The van der Waals surface area contributed by atoms with E-state index in [0.717, 1.165) is 12.1 Å². The smallest absolute Gasteiger partial charge is 0.212 e. The Hall–Kier alpha value is -1.66. The van der Waals surface area contributed by atoms with Gasteiger partial charge in [-0.2, -0.15) is 13.2 Å². The van der Waals surface area contributed by atoms with Gasteiger partial charge in [0.1, 0.15) is 0 Å². The molecule has 0 unspecified atom stereocenters. The normalized spacial score (nSPS) is 13.0. The van der Waals surface area contributed by atoms with E-state index in [9.17, 15) is 30.0 Å². The van der Waals surface area contributed by atoms with Crippen LogP contribution in [-0.2, 0) is 38.5 Å². The maximum atomic E-state index is 13.0. The lowest BCUT2D eigenvalue weighted by atomic mass is 10.1. The van der Waals surface area contributed by atoms with Gasteiger partial charge in [0.25, 0.3) is 0 Å². The highest BCUT2D eigenvalue weighted by atomic mass is 35.5. The number of hydrogen-bond acceptors (Lipinski definition) is 4. The highest BCUT2D eigenvalue weighted by Gasteiger charge is 2.34. The molecule has 2 rings (SSSR count). The minimum atomic E-state index is -4.81. The fourth-order valence-corrected chi connectivity index (χ4v) is 5.37. The topological polar surface area (TPSA) is 92.3 Å². The van der Waals surface area contributed by atoms with Crippen LogP contribution >= 0.6 is 11.6 Å². The van der Waals surface area contributed by atoms with Gasteiger partial charge in [-0.05, 0) is 43.2 Å². The first kappa shape index (κ1) is 24.6. The van der Waals surface area contributed by atoms with Crippen LogP contribution in [0.5, 0.6) is 0 Å². The van der Waals surface area contributed by atoms with Gasteiger partial charge in [-0.25, -0.2) is 26.3 Å². The lowest BCUT2D eigenvalue weighted by molar-refractivity contribution is -0.137. The Morgan fingerprint density at radius 3 is 2.17 bits per heavy atom. The van der Waals surface area contributed by atoms with Crippen LogP contribution in [-0.4, -0.2) is 22.9 Å². The molecule has 0 aliphatic carbocycles. The van der Waals surface area contributed by atoms with Crippen molar-refractivity contribution in [3.8, 4) is 0 Å². The van der Waals surface area contributed by atoms with E-state index < -0.39 is 41.7 Å². The Morgan fingerprint density at radius 1 is 1.00 bits per heavy atom. The third kappa shape index (κ3) is 6.67. The van der Waals surface area contributed by atoms with E-state index >= 15 is 0 Å². The maximum absolute atomic E-state index is 13.0. The summed E-state index contributed by atoms with van der Waals surface area (Å²) in [6, 6.07) is 8.23. The first-order valence-corrected chi connectivity index (χ1v) is 12.2. The Bertz CT molecular complexity index is 1120. The molecule has 0 radical (unpaired) electrons. The molecule has 0 aliphatic rings. The quantitative estimate of drug-likeness (QED) is 0.598. The monoisotopic (exact) mass is 484 g/mol. The van der Waals surface area contributed by atoms with E-state index in [1.807, 2.05) is 0 Å². The predicted molar refractivity (Wildman–Crippen MR) is 108 cm³/mol. The van der Waals surface area contributed by atoms with Gasteiger partial charge in [-0.3, -0.25) is 0 Å². The molecule has 0 amide bonds. The molecule has 0 fully saturated rings. The summed E-state index contributed by atoms with van der Waals surface area (Å²) >= 11 is 5.52.